The molecule has 0 spiro atoms. The molecule has 0 unspecified atom stereocenters. The van der Waals surface area contributed by atoms with Gasteiger partial charge in [-0.3, -0.25) is 4.79 Å². The molecule has 5 heteroatoms. The van der Waals surface area contributed by atoms with Gasteiger partial charge in [0.15, 0.2) is 5.60 Å². The number of esters is 1. The van der Waals surface area contributed by atoms with E-state index in [0.29, 0.717) is 18.8 Å². The number of aliphatic hydroxyl groups is 2. The van der Waals surface area contributed by atoms with Crippen molar-refractivity contribution in [1.82, 2.24) is 0 Å². The summed E-state index contributed by atoms with van der Waals surface area (Å²) in [5, 5.41) is 19.9. The Kier molecular flexibility index (Phi) is 3.00. The predicted molar refractivity (Wildman–Crippen MR) is 69.6 cm³/mol. The Balaban J connectivity index is 2.07. The number of ether oxygens (including phenoxy) is 1. The van der Waals surface area contributed by atoms with Crippen molar-refractivity contribution in [3.63, 3.8) is 0 Å². The van der Waals surface area contributed by atoms with Crippen molar-refractivity contribution < 1.29 is 24.5 Å². The first-order valence-corrected chi connectivity index (χ1v) is 7.43. The summed E-state index contributed by atoms with van der Waals surface area (Å²) in [7, 11) is 0. The molecule has 1 aliphatic heterocycles. The van der Waals surface area contributed by atoms with Crippen LogP contribution >= 0.6 is 0 Å². The SMILES string of the molecule is C[C@H]1CC[C@@H]2[C@@H](OC(=O)[C@@]2(O)CO)[C@]2(C)C(=O)CC[C@@H]12. The Bertz CT molecular complexity index is 461. The molecule has 0 aromatic heterocycles. The largest absolute Gasteiger partial charge is 0.459 e. The van der Waals surface area contributed by atoms with Gasteiger partial charge in [0.25, 0.3) is 0 Å². The average molecular weight is 282 g/mol. The lowest BCUT2D eigenvalue weighted by atomic mass is 9.67. The zero-order valence-electron chi connectivity index (χ0n) is 12.0. The van der Waals surface area contributed by atoms with E-state index >= 15 is 0 Å². The molecule has 112 valence electrons. The summed E-state index contributed by atoms with van der Waals surface area (Å²) >= 11 is 0. The molecule has 5 nitrogen and oxygen atoms in total. The van der Waals surface area contributed by atoms with E-state index in [9.17, 15) is 19.8 Å². The molecular formula is C15H22O5. The standard InChI is InChI=1S/C15H22O5/c1-8-3-4-10-12(20-13(18)15(10,19)7-16)14(2)9(8)5-6-11(14)17/h8-10,12,16,19H,3-7H2,1-2H3/t8-,9-,10+,12+,14-,15+/m0/s1. The predicted octanol–water partition coefficient (Wildman–Crippen LogP) is 0.667. The molecule has 1 saturated heterocycles. The molecule has 0 radical (unpaired) electrons. The lowest BCUT2D eigenvalue weighted by molar-refractivity contribution is -0.162. The van der Waals surface area contributed by atoms with Gasteiger partial charge in [-0.05, 0) is 38.0 Å². The van der Waals surface area contributed by atoms with Gasteiger partial charge in [0.2, 0.25) is 0 Å². The Morgan fingerprint density at radius 2 is 1.95 bits per heavy atom. The van der Waals surface area contributed by atoms with Gasteiger partial charge in [-0.15, -0.1) is 0 Å². The number of fused-ring (bicyclic) bond motifs is 3. The molecule has 1 heterocycles. The molecule has 3 aliphatic rings. The first-order valence-electron chi connectivity index (χ1n) is 7.43. The minimum atomic E-state index is -1.84. The first-order chi connectivity index (χ1) is 9.35. The summed E-state index contributed by atoms with van der Waals surface area (Å²) in [6, 6.07) is 0. The van der Waals surface area contributed by atoms with E-state index in [0.717, 1.165) is 12.8 Å². The highest BCUT2D eigenvalue weighted by molar-refractivity contribution is 5.90. The van der Waals surface area contributed by atoms with E-state index in [4.69, 9.17) is 4.74 Å². The molecule has 2 aliphatic carbocycles. The Morgan fingerprint density at radius 3 is 2.60 bits per heavy atom. The van der Waals surface area contributed by atoms with Gasteiger partial charge in [0, 0.05) is 12.3 Å². The quantitative estimate of drug-likeness (QED) is 0.690. The smallest absolute Gasteiger partial charge is 0.341 e. The normalized spacial score (nSPS) is 51.4. The van der Waals surface area contributed by atoms with Crippen molar-refractivity contribution in [2.45, 2.75) is 51.2 Å². The van der Waals surface area contributed by atoms with Crippen LogP contribution in [-0.2, 0) is 14.3 Å². The minimum Gasteiger partial charge on any atom is -0.459 e. The van der Waals surface area contributed by atoms with Crippen molar-refractivity contribution in [3.8, 4) is 0 Å². The van der Waals surface area contributed by atoms with Gasteiger partial charge in [0.05, 0.1) is 12.0 Å². The number of Topliss-reactive ketones (excluding diaryl/α,β-unsaturated/α-hetero) is 1. The van der Waals surface area contributed by atoms with Crippen LogP contribution in [0.5, 0.6) is 0 Å². The number of aliphatic hydroxyl groups excluding tert-OH is 1. The maximum Gasteiger partial charge on any atom is 0.341 e. The topological polar surface area (TPSA) is 83.8 Å². The monoisotopic (exact) mass is 282 g/mol. The summed E-state index contributed by atoms with van der Waals surface area (Å²) in [5.74, 6) is -0.581. The van der Waals surface area contributed by atoms with Gasteiger partial charge in [0.1, 0.15) is 11.9 Å². The van der Waals surface area contributed by atoms with Crippen molar-refractivity contribution in [1.29, 1.82) is 0 Å². The second kappa shape index (κ2) is 4.28. The summed E-state index contributed by atoms with van der Waals surface area (Å²) in [5.41, 5.74) is -2.55. The van der Waals surface area contributed by atoms with Gasteiger partial charge in [-0.2, -0.15) is 0 Å². The second-order valence-electron chi connectivity index (χ2n) is 6.92. The number of carbonyl (C=O) groups is 2. The summed E-state index contributed by atoms with van der Waals surface area (Å²) < 4.78 is 5.42. The third-order valence-corrected chi connectivity index (χ3v) is 6.07. The molecule has 0 amide bonds. The zero-order valence-corrected chi connectivity index (χ0v) is 12.0. The Hall–Kier alpha value is -0.940. The Labute approximate surface area is 118 Å². The second-order valence-corrected chi connectivity index (χ2v) is 6.92. The third-order valence-electron chi connectivity index (χ3n) is 6.07. The summed E-state index contributed by atoms with van der Waals surface area (Å²) in [6.07, 6.45) is 2.19. The molecule has 20 heavy (non-hydrogen) atoms. The van der Waals surface area contributed by atoms with E-state index in [1.165, 1.54) is 0 Å². The number of carbonyl (C=O) groups excluding carboxylic acids is 2. The van der Waals surface area contributed by atoms with Crippen LogP contribution in [0.2, 0.25) is 0 Å². The van der Waals surface area contributed by atoms with Crippen LogP contribution in [0.1, 0.15) is 39.5 Å². The zero-order chi connectivity index (χ0) is 14.7. The number of hydrogen-bond acceptors (Lipinski definition) is 5. The van der Waals surface area contributed by atoms with E-state index < -0.39 is 35.6 Å². The lowest BCUT2D eigenvalue weighted by Crippen LogP contribution is -2.49. The van der Waals surface area contributed by atoms with Gasteiger partial charge < -0.3 is 14.9 Å². The first kappa shape index (κ1) is 14.0. The highest BCUT2D eigenvalue weighted by atomic mass is 16.6. The van der Waals surface area contributed by atoms with E-state index in [2.05, 4.69) is 6.92 Å². The van der Waals surface area contributed by atoms with Gasteiger partial charge in [-0.25, -0.2) is 4.79 Å². The number of ketones is 1. The van der Waals surface area contributed by atoms with Gasteiger partial charge >= 0.3 is 5.97 Å². The maximum atomic E-state index is 12.4. The van der Waals surface area contributed by atoms with Crippen molar-refractivity contribution in [2.24, 2.45) is 23.2 Å². The maximum absolute atomic E-state index is 12.4. The van der Waals surface area contributed by atoms with Crippen LogP contribution in [-0.4, -0.2) is 40.3 Å². The van der Waals surface area contributed by atoms with E-state index in [1.54, 1.807) is 0 Å². The highest BCUT2D eigenvalue weighted by Gasteiger charge is 2.67. The van der Waals surface area contributed by atoms with Crippen LogP contribution in [0.4, 0.5) is 0 Å². The number of rotatable bonds is 1. The van der Waals surface area contributed by atoms with Gasteiger partial charge in [-0.1, -0.05) is 6.92 Å². The highest BCUT2D eigenvalue weighted by Crippen LogP contribution is 2.57. The molecule has 0 aromatic rings. The van der Waals surface area contributed by atoms with Crippen molar-refractivity contribution in [3.05, 3.63) is 0 Å². The van der Waals surface area contributed by atoms with Crippen LogP contribution in [0.25, 0.3) is 0 Å². The summed E-state index contributed by atoms with van der Waals surface area (Å²) in [6.45, 7) is 3.36. The molecule has 2 N–H and O–H groups in total. The fourth-order valence-electron chi connectivity index (χ4n) is 4.76. The fourth-order valence-corrected chi connectivity index (χ4v) is 4.76. The molecule has 0 bridgehead atoms. The van der Waals surface area contributed by atoms with Crippen LogP contribution in [0.3, 0.4) is 0 Å². The minimum absolute atomic E-state index is 0.126. The molecule has 2 saturated carbocycles. The lowest BCUT2D eigenvalue weighted by Gasteiger charge is -2.37. The fraction of sp³-hybridized carbons (Fsp3) is 0.867. The van der Waals surface area contributed by atoms with Crippen molar-refractivity contribution in [2.75, 3.05) is 6.61 Å². The molecule has 3 fully saturated rings. The van der Waals surface area contributed by atoms with Crippen LogP contribution in [0.15, 0.2) is 0 Å². The summed E-state index contributed by atoms with van der Waals surface area (Å²) in [4.78, 5) is 24.4. The molecule has 6 atom stereocenters. The molecule has 0 aromatic carbocycles. The third kappa shape index (κ3) is 1.51. The van der Waals surface area contributed by atoms with E-state index in [1.807, 2.05) is 6.92 Å². The molecular weight excluding hydrogens is 260 g/mol. The van der Waals surface area contributed by atoms with E-state index in [-0.39, 0.29) is 11.7 Å². The Morgan fingerprint density at radius 1 is 1.25 bits per heavy atom. The van der Waals surface area contributed by atoms with Crippen LogP contribution < -0.4 is 0 Å². The van der Waals surface area contributed by atoms with Crippen LogP contribution in [0, 0.1) is 23.2 Å². The molecule has 3 rings (SSSR count). The number of hydrogen-bond donors (Lipinski definition) is 2. The van der Waals surface area contributed by atoms with Crippen molar-refractivity contribution >= 4 is 11.8 Å². The average Bonchev–Trinajstić information content (AvgIpc) is 2.82.